The fourth-order valence-corrected chi connectivity index (χ4v) is 2.09. The molecule has 0 aromatic heterocycles. The zero-order valence-corrected chi connectivity index (χ0v) is 7.68. The van der Waals surface area contributed by atoms with Crippen LogP contribution in [0.15, 0.2) is 37.0 Å². The van der Waals surface area contributed by atoms with Gasteiger partial charge in [0.15, 0.2) is 0 Å². The number of hydrogen-bond acceptors (Lipinski definition) is 1. The smallest absolute Gasteiger partial charge is 0.0293 e. The summed E-state index contributed by atoms with van der Waals surface area (Å²) in [7, 11) is 0. The second-order valence-electron chi connectivity index (χ2n) is 2.66. The van der Waals surface area contributed by atoms with Crippen LogP contribution < -0.4 is 0 Å². The second-order valence-corrected chi connectivity index (χ2v) is 3.67. The van der Waals surface area contributed by atoms with Gasteiger partial charge in [-0.1, -0.05) is 30.4 Å². The molecular formula is C10H14S. The van der Waals surface area contributed by atoms with Crippen molar-refractivity contribution in [2.45, 2.75) is 11.7 Å². The summed E-state index contributed by atoms with van der Waals surface area (Å²) in [4.78, 5) is 0. The Kier molecular flexibility index (Phi) is 3.50. The van der Waals surface area contributed by atoms with E-state index in [1.165, 1.54) is 0 Å². The van der Waals surface area contributed by atoms with Crippen molar-refractivity contribution in [1.29, 1.82) is 0 Å². The molecule has 1 aliphatic carbocycles. The van der Waals surface area contributed by atoms with Gasteiger partial charge in [-0.15, -0.1) is 6.58 Å². The first-order valence-corrected chi connectivity index (χ1v) is 5.16. The largest absolute Gasteiger partial charge is 0.157 e. The molecule has 0 aromatic rings. The Labute approximate surface area is 73.1 Å². The molecule has 0 radical (unpaired) electrons. The molecule has 0 saturated heterocycles. The van der Waals surface area contributed by atoms with Crippen molar-refractivity contribution in [3.63, 3.8) is 0 Å². The van der Waals surface area contributed by atoms with Crippen molar-refractivity contribution in [1.82, 2.24) is 0 Å². The monoisotopic (exact) mass is 166 g/mol. The predicted molar refractivity (Wildman–Crippen MR) is 53.9 cm³/mol. The molecule has 0 saturated carbocycles. The summed E-state index contributed by atoms with van der Waals surface area (Å²) >= 11 is 1.91. The van der Waals surface area contributed by atoms with Gasteiger partial charge >= 0.3 is 0 Å². The Morgan fingerprint density at radius 2 is 2.18 bits per heavy atom. The number of thioether (sulfide) groups is 1. The highest BCUT2D eigenvalue weighted by molar-refractivity contribution is 7.99. The minimum Gasteiger partial charge on any atom is -0.157 e. The SMILES string of the molecule is C=CCC1C=CC=CC1SC. The molecule has 0 nitrogen and oxygen atoms in total. The third-order valence-electron chi connectivity index (χ3n) is 1.90. The maximum absolute atomic E-state index is 3.76. The van der Waals surface area contributed by atoms with Gasteiger partial charge in [-0.2, -0.15) is 11.8 Å². The van der Waals surface area contributed by atoms with Gasteiger partial charge in [-0.25, -0.2) is 0 Å². The molecule has 2 atom stereocenters. The van der Waals surface area contributed by atoms with Crippen LogP contribution in [0.25, 0.3) is 0 Å². The first kappa shape index (κ1) is 8.66. The van der Waals surface area contributed by atoms with Crippen LogP contribution in [-0.2, 0) is 0 Å². The molecule has 1 rings (SSSR count). The van der Waals surface area contributed by atoms with E-state index in [0.29, 0.717) is 11.2 Å². The van der Waals surface area contributed by atoms with E-state index in [0.717, 1.165) is 6.42 Å². The number of allylic oxidation sites excluding steroid dienone is 4. The molecule has 60 valence electrons. The summed E-state index contributed by atoms with van der Waals surface area (Å²) in [5.74, 6) is 0.660. The topological polar surface area (TPSA) is 0 Å². The first-order chi connectivity index (χ1) is 5.38. The van der Waals surface area contributed by atoms with Crippen LogP contribution in [0.1, 0.15) is 6.42 Å². The summed E-state index contributed by atoms with van der Waals surface area (Å²) in [5.41, 5.74) is 0. The predicted octanol–water partition coefficient (Wildman–Crippen LogP) is 3.04. The Bertz CT molecular complexity index is 179. The van der Waals surface area contributed by atoms with Crippen LogP contribution in [0.3, 0.4) is 0 Å². The normalized spacial score (nSPS) is 28.8. The molecule has 1 aliphatic rings. The van der Waals surface area contributed by atoms with Crippen LogP contribution >= 0.6 is 11.8 Å². The van der Waals surface area contributed by atoms with Crippen molar-refractivity contribution in [3.05, 3.63) is 37.0 Å². The third-order valence-corrected chi connectivity index (χ3v) is 2.95. The molecule has 0 aliphatic heterocycles. The van der Waals surface area contributed by atoms with Gasteiger partial charge in [0.1, 0.15) is 0 Å². The van der Waals surface area contributed by atoms with E-state index in [-0.39, 0.29) is 0 Å². The van der Waals surface area contributed by atoms with Crippen molar-refractivity contribution in [2.24, 2.45) is 5.92 Å². The zero-order valence-electron chi connectivity index (χ0n) is 6.86. The van der Waals surface area contributed by atoms with Gasteiger partial charge in [0, 0.05) is 5.25 Å². The Morgan fingerprint density at radius 3 is 2.82 bits per heavy atom. The van der Waals surface area contributed by atoms with E-state index in [2.05, 4.69) is 37.1 Å². The molecule has 0 fully saturated rings. The number of hydrogen-bond donors (Lipinski definition) is 0. The van der Waals surface area contributed by atoms with E-state index in [1.54, 1.807) is 0 Å². The highest BCUT2D eigenvalue weighted by Gasteiger charge is 2.15. The minimum absolute atomic E-state index is 0.651. The first-order valence-electron chi connectivity index (χ1n) is 3.87. The van der Waals surface area contributed by atoms with Gasteiger partial charge < -0.3 is 0 Å². The van der Waals surface area contributed by atoms with Gasteiger partial charge in [0.25, 0.3) is 0 Å². The molecule has 1 heteroatoms. The maximum atomic E-state index is 3.76. The fraction of sp³-hybridized carbons (Fsp3) is 0.400. The summed E-state index contributed by atoms with van der Waals surface area (Å²) in [5, 5.41) is 0.651. The molecule has 0 bridgehead atoms. The number of rotatable bonds is 3. The van der Waals surface area contributed by atoms with Gasteiger partial charge in [0.05, 0.1) is 0 Å². The maximum Gasteiger partial charge on any atom is 0.0293 e. The summed E-state index contributed by atoms with van der Waals surface area (Å²) in [6.45, 7) is 3.76. The Morgan fingerprint density at radius 1 is 1.45 bits per heavy atom. The molecule has 0 N–H and O–H groups in total. The van der Waals surface area contributed by atoms with Crippen LogP contribution in [0, 0.1) is 5.92 Å². The lowest BCUT2D eigenvalue weighted by Crippen LogP contribution is -2.13. The fourth-order valence-electron chi connectivity index (χ4n) is 1.29. The van der Waals surface area contributed by atoms with E-state index >= 15 is 0 Å². The second kappa shape index (κ2) is 4.45. The molecule has 2 unspecified atom stereocenters. The summed E-state index contributed by atoms with van der Waals surface area (Å²) < 4.78 is 0. The summed E-state index contributed by atoms with van der Waals surface area (Å²) in [6, 6.07) is 0. The van der Waals surface area contributed by atoms with Gasteiger partial charge in [-0.3, -0.25) is 0 Å². The van der Waals surface area contributed by atoms with E-state index in [1.807, 2.05) is 17.8 Å². The molecule has 0 amide bonds. The van der Waals surface area contributed by atoms with Crippen molar-refractivity contribution in [2.75, 3.05) is 6.26 Å². The average Bonchev–Trinajstić information content (AvgIpc) is 2.06. The van der Waals surface area contributed by atoms with E-state index in [9.17, 15) is 0 Å². The van der Waals surface area contributed by atoms with Crippen molar-refractivity contribution in [3.8, 4) is 0 Å². The minimum atomic E-state index is 0.651. The van der Waals surface area contributed by atoms with E-state index < -0.39 is 0 Å². The third kappa shape index (κ3) is 2.26. The van der Waals surface area contributed by atoms with Crippen LogP contribution in [0.2, 0.25) is 0 Å². The molecule has 0 aromatic carbocycles. The Balaban J connectivity index is 2.55. The zero-order chi connectivity index (χ0) is 8.10. The van der Waals surface area contributed by atoms with E-state index in [4.69, 9.17) is 0 Å². The Hall–Kier alpha value is -0.430. The van der Waals surface area contributed by atoms with Gasteiger partial charge in [0.2, 0.25) is 0 Å². The summed E-state index contributed by atoms with van der Waals surface area (Å²) in [6.07, 6.45) is 14.0. The van der Waals surface area contributed by atoms with Crippen LogP contribution in [0.4, 0.5) is 0 Å². The highest BCUT2D eigenvalue weighted by Crippen LogP contribution is 2.25. The molecule has 0 spiro atoms. The molecular weight excluding hydrogens is 152 g/mol. The standard InChI is InChI=1S/C10H14S/c1-3-6-9-7-4-5-8-10(9)11-2/h3-5,7-10H,1,6H2,2H3. The lowest BCUT2D eigenvalue weighted by molar-refractivity contribution is 0.684. The van der Waals surface area contributed by atoms with Crippen molar-refractivity contribution >= 4 is 11.8 Å². The van der Waals surface area contributed by atoms with Crippen molar-refractivity contribution < 1.29 is 0 Å². The molecule has 11 heavy (non-hydrogen) atoms. The lowest BCUT2D eigenvalue weighted by Gasteiger charge is -2.20. The quantitative estimate of drug-likeness (QED) is 0.581. The molecule has 0 heterocycles. The lowest BCUT2D eigenvalue weighted by atomic mass is 9.97. The average molecular weight is 166 g/mol. The van der Waals surface area contributed by atoms with Crippen LogP contribution in [0.5, 0.6) is 0 Å². The highest BCUT2D eigenvalue weighted by atomic mass is 32.2. The van der Waals surface area contributed by atoms with Crippen LogP contribution in [-0.4, -0.2) is 11.5 Å². The van der Waals surface area contributed by atoms with Gasteiger partial charge in [-0.05, 0) is 18.6 Å².